The van der Waals surface area contributed by atoms with Crippen molar-refractivity contribution in [1.29, 1.82) is 0 Å². The quantitative estimate of drug-likeness (QED) is 0.505. The van der Waals surface area contributed by atoms with Crippen molar-refractivity contribution < 1.29 is 14.3 Å². The van der Waals surface area contributed by atoms with Crippen LogP contribution < -0.4 is 9.47 Å². The smallest absolute Gasteiger partial charge is 0.153 e. The van der Waals surface area contributed by atoms with Crippen LogP contribution in [0.25, 0.3) is 0 Å². The normalized spacial score (nSPS) is 10.3. The zero-order chi connectivity index (χ0) is 15.8. The van der Waals surface area contributed by atoms with E-state index in [0.717, 1.165) is 29.4 Å². The Labute approximate surface area is 139 Å². The molecule has 0 aliphatic carbocycles. The lowest BCUT2D eigenvalue weighted by molar-refractivity contribution is 0.111. The van der Waals surface area contributed by atoms with E-state index in [1.54, 1.807) is 12.1 Å². The van der Waals surface area contributed by atoms with E-state index >= 15 is 0 Å². The second-order valence-corrected chi connectivity index (χ2v) is 5.81. The molecule has 0 heterocycles. The Bertz CT molecular complexity index is 608. The van der Waals surface area contributed by atoms with Gasteiger partial charge in [0.2, 0.25) is 0 Å². The molecule has 4 heteroatoms. The Morgan fingerprint density at radius 2 is 1.77 bits per heavy atom. The summed E-state index contributed by atoms with van der Waals surface area (Å²) in [6.45, 7) is 2.98. The summed E-state index contributed by atoms with van der Waals surface area (Å²) in [5, 5.41) is 0. The molecule has 0 bridgehead atoms. The second-order valence-electron chi connectivity index (χ2n) is 4.89. The largest absolute Gasteiger partial charge is 0.490 e. The van der Waals surface area contributed by atoms with E-state index in [1.807, 2.05) is 18.2 Å². The Balaban J connectivity index is 1.80. The Morgan fingerprint density at radius 1 is 1.05 bits per heavy atom. The van der Waals surface area contributed by atoms with E-state index in [2.05, 4.69) is 35.0 Å². The van der Waals surface area contributed by atoms with Gasteiger partial charge in [0.1, 0.15) is 24.7 Å². The molecule has 2 rings (SSSR count). The molecule has 3 nitrogen and oxygen atoms in total. The van der Waals surface area contributed by atoms with Gasteiger partial charge >= 0.3 is 0 Å². The third kappa shape index (κ3) is 4.88. The van der Waals surface area contributed by atoms with Crippen LogP contribution in [-0.2, 0) is 6.42 Å². The fourth-order valence-corrected chi connectivity index (χ4v) is 2.47. The maximum absolute atomic E-state index is 11.0. The van der Waals surface area contributed by atoms with Crippen LogP contribution in [0.1, 0.15) is 29.3 Å². The number of aldehydes is 1. The molecule has 0 amide bonds. The molecule has 0 unspecified atom stereocenters. The number of hydrogen-bond donors (Lipinski definition) is 0. The average molecular weight is 363 g/mol. The van der Waals surface area contributed by atoms with E-state index in [9.17, 15) is 4.79 Å². The van der Waals surface area contributed by atoms with E-state index in [4.69, 9.17) is 9.47 Å². The standard InChI is InChI=1S/C18H19BrO3/c1-2-3-14-4-7-17(8-5-14)21-10-11-22-18-9-6-16(19)12-15(18)13-20/h4-9,12-13H,2-3,10-11H2,1H3. The molecule has 0 aliphatic rings. The highest BCUT2D eigenvalue weighted by Crippen LogP contribution is 2.21. The van der Waals surface area contributed by atoms with Crippen molar-refractivity contribution in [2.75, 3.05) is 13.2 Å². The van der Waals surface area contributed by atoms with Crippen molar-refractivity contribution in [2.24, 2.45) is 0 Å². The molecule has 0 aromatic heterocycles. The van der Waals surface area contributed by atoms with Crippen molar-refractivity contribution in [2.45, 2.75) is 19.8 Å². The minimum Gasteiger partial charge on any atom is -0.490 e. The first-order valence-electron chi connectivity index (χ1n) is 7.32. The monoisotopic (exact) mass is 362 g/mol. The molecule has 0 spiro atoms. The van der Waals surface area contributed by atoms with Gasteiger partial charge in [-0.3, -0.25) is 4.79 Å². The van der Waals surface area contributed by atoms with Gasteiger partial charge in [0.25, 0.3) is 0 Å². The summed E-state index contributed by atoms with van der Waals surface area (Å²) in [7, 11) is 0. The summed E-state index contributed by atoms with van der Waals surface area (Å²) >= 11 is 3.33. The third-order valence-corrected chi connectivity index (χ3v) is 3.66. The number of carbonyl (C=O) groups excluding carboxylic acids is 1. The zero-order valence-electron chi connectivity index (χ0n) is 12.5. The van der Waals surface area contributed by atoms with Crippen LogP contribution in [0.3, 0.4) is 0 Å². The summed E-state index contributed by atoms with van der Waals surface area (Å²) in [5.74, 6) is 1.40. The average Bonchev–Trinajstić information content (AvgIpc) is 2.54. The molecule has 0 N–H and O–H groups in total. The number of hydrogen-bond acceptors (Lipinski definition) is 3. The first-order valence-corrected chi connectivity index (χ1v) is 8.11. The van der Waals surface area contributed by atoms with Crippen molar-refractivity contribution in [3.05, 3.63) is 58.1 Å². The number of rotatable bonds is 8. The lowest BCUT2D eigenvalue weighted by Crippen LogP contribution is -2.10. The van der Waals surface area contributed by atoms with Crippen molar-refractivity contribution in [3.8, 4) is 11.5 Å². The summed E-state index contributed by atoms with van der Waals surface area (Å²) in [4.78, 5) is 11.0. The van der Waals surface area contributed by atoms with Crippen LogP contribution >= 0.6 is 15.9 Å². The van der Waals surface area contributed by atoms with Crippen LogP contribution in [0.5, 0.6) is 11.5 Å². The Kier molecular flexibility index (Phi) is 6.46. The summed E-state index contributed by atoms with van der Waals surface area (Å²) in [5.41, 5.74) is 1.84. The molecule has 2 aromatic rings. The number of halogens is 1. The predicted molar refractivity (Wildman–Crippen MR) is 91.0 cm³/mol. The maximum Gasteiger partial charge on any atom is 0.153 e. The highest BCUT2D eigenvalue weighted by atomic mass is 79.9. The van der Waals surface area contributed by atoms with Crippen LogP contribution in [-0.4, -0.2) is 19.5 Å². The summed E-state index contributed by atoms with van der Waals surface area (Å²) in [6.07, 6.45) is 3.01. The van der Waals surface area contributed by atoms with Crippen molar-refractivity contribution >= 4 is 22.2 Å². The molecule has 0 radical (unpaired) electrons. The maximum atomic E-state index is 11.0. The number of benzene rings is 2. The van der Waals surface area contributed by atoms with Gasteiger partial charge in [-0.25, -0.2) is 0 Å². The number of ether oxygens (including phenoxy) is 2. The van der Waals surface area contributed by atoms with E-state index in [-0.39, 0.29) is 0 Å². The first kappa shape index (κ1) is 16.6. The predicted octanol–water partition coefficient (Wildman–Crippen LogP) is 4.67. The number of carbonyl (C=O) groups is 1. The fraction of sp³-hybridized carbons (Fsp3) is 0.278. The van der Waals surface area contributed by atoms with Crippen LogP contribution in [0.2, 0.25) is 0 Å². The van der Waals surface area contributed by atoms with Crippen LogP contribution in [0.15, 0.2) is 46.9 Å². The highest BCUT2D eigenvalue weighted by molar-refractivity contribution is 9.10. The SMILES string of the molecule is CCCc1ccc(OCCOc2ccc(Br)cc2C=O)cc1. The van der Waals surface area contributed by atoms with Crippen molar-refractivity contribution in [3.63, 3.8) is 0 Å². The molecule has 0 saturated carbocycles. The molecule has 0 saturated heterocycles. The number of aryl methyl sites for hydroxylation is 1. The Morgan fingerprint density at radius 3 is 2.45 bits per heavy atom. The van der Waals surface area contributed by atoms with Gasteiger partial charge in [0.15, 0.2) is 6.29 Å². The van der Waals surface area contributed by atoms with Gasteiger partial charge in [-0.15, -0.1) is 0 Å². The van der Waals surface area contributed by atoms with Gasteiger partial charge < -0.3 is 9.47 Å². The third-order valence-electron chi connectivity index (χ3n) is 3.17. The summed E-state index contributed by atoms with van der Waals surface area (Å²) < 4.78 is 12.1. The molecule has 116 valence electrons. The van der Waals surface area contributed by atoms with Gasteiger partial charge in [0.05, 0.1) is 5.56 Å². The molecule has 0 fully saturated rings. The Hall–Kier alpha value is -1.81. The van der Waals surface area contributed by atoms with Gasteiger partial charge in [-0.2, -0.15) is 0 Å². The van der Waals surface area contributed by atoms with E-state index in [0.29, 0.717) is 24.5 Å². The molecule has 22 heavy (non-hydrogen) atoms. The minimum atomic E-state index is 0.388. The van der Waals surface area contributed by atoms with Gasteiger partial charge in [-0.05, 0) is 42.3 Å². The van der Waals surface area contributed by atoms with Gasteiger partial charge in [-0.1, -0.05) is 41.4 Å². The van der Waals surface area contributed by atoms with E-state index in [1.165, 1.54) is 5.56 Å². The molecular formula is C18H19BrO3. The summed E-state index contributed by atoms with van der Waals surface area (Å²) in [6, 6.07) is 13.5. The van der Waals surface area contributed by atoms with Crippen LogP contribution in [0, 0.1) is 0 Å². The van der Waals surface area contributed by atoms with E-state index < -0.39 is 0 Å². The molecule has 0 atom stereocenters. The van der Waals surface area contributed by atoms with Crippen LogP contribution in [0.4, 0.5) is 0 Å². The van der Waals surface area contributed by atoms with Gasteiger partial charge in [0, 0.05) is 4.47 Å². The second kappa shape index (κ2) is 8.59. The topological polar surface area (TPSA) is 35.5 Å². The lowest BCUT2D eigenvalue weighted by Gasteiger charge is -2.10. The van der Waals surface area contributed by atoms with Crippen molar-refractivity contribution in [1.82, 2.24) is 0 Å². The lowest BCUT2D eigenvalue weighted by atomic mass is 10.1. The highest BCUT2D eigenvalue weighted by Gasteiger charge is 2.03. The fourth-order valence-electron chi connectivity index (χ4n) is 2.10. The zero-order valence-corrected chi connectivity index (χ0v) is 14.1. The molecule has 0 aliphatic heterocycles. The first-order chi connectivity index (χ1) is 10.7. The molecule has 2 aromatic carbocycles. The molecular weight excluding hydrogens is 344 g/mol. The minimum absolute atomic E-state index is 0.388.